The Balaban J connectivity index is 1.62. The second-order valence-electron chi connectivity index (χ2n) is 8.68. The van der Waals surface area contributed by atoms with E-state index in [0.29, 0.717) is 61.0 Å². The van der Waals surface area contributed by atoms with Gasteiger partial charge in [-0.05, 0) is 59.9 Å². The second kappa shape index (κ2) is 10.0. The van der Waals surface area contributed by atoms with Crippen molar-refractivity contribution in [3.05, 3.63) is 76.6 Å². The molecular formula is C27H26N4O5. The van der Waals surface area contributed by atoms with E-state index in [0.717, 1.165) is 16.7 Å². The smallest absolute Gasteiger partial charge is 0.271 e. The van der Waals surface area contributed by atoms with E-state index in [1.807, 2.05) is 36.4 Å². The van der Waals surface area contributed by atoms with Gasteiger partial charge in [0.2, 0.25) is 0 Å². The molecule has 0 saturated heterocycles. The summed E-state index contributed by atoms with van der Waals surface area (Å²) >= 11 is 0. The number of benzene rings is 2. The van der Waals surface area contributed by atoms with Crippen LogP contribution < -0.4 is 19.5 Å². The van der Waals surface area contributed by atoms with E-state index in [2.05, 4.69) is 16.4 Å². The van der Waals surface area contributed by atoms with Gasteiger partial charge in [-0.2, -0.15) is 5.26 Å². The Bertz CT molecular complexity index is 1340. The number of nitrogens with zero attached hydrogens (tertiary/aromatic N) is 2. The number of nitriles is 1. The number of carbonyl (C=O) groups excluding carboxylic acids is 2. The normalized spacial score (nSPS) is 17.4. The Kier molecular flexibility index (Phi) is 6.50. The molecule has 6 bridgehead atoms. The number of H-pyrrole nitrogens is 1. The molecule has 3 aliphatic rings. The summed E-state index contributed by atoms with van der Waals surface area (Å²) in [5, 5.41) is 12.0. The van der Waals surface area contributed by atoms with E-state index in [4.69, 9.17) is 14.2 Å². The molecular weight excluding hydrogens is 460 g/mol. The molecule has 1 unspecified atom stereocenters. The van der Waals surface area contributed by atoms with Gasteiger partial charge in [0.25, 0.3) is 11.8 Å². The fourth-order valence-electron chi connectivity index (χ4n) is 4.67. The fraction of sp³-hybridized carbons (Fsp3) is 0.296. The SMILES string of the molecule is COc1cc2c3cc1OCC(=O)NCCCOc1cccc(c1)C2N(C(=O)c1cc(C#N)c[nH]1)CC3. The van der Waals surface area contributed by atoms with Crippen molar-refractivity contribution >= 4 is 11.8 Å². The fourth-order valence-corrected chi connectivity index (χ4v) is 4.67. The van der Waals surface area contributed by atoms with E-state index in [-0.39, 0.29) is 18.4 Å². The van der Waals surface area contributed by atoms with Crippen LogP contribution in [0.1, 0.15) is 45.2 Å². The largest absolute Gasteiger partial charge is 0.494 e. The Morgan fingerprint density at radius 3 is 2.92 bits per heavy atom. The average Bonchev–Trinajstić information content (AvgIpc) is 3.39. The molecule has 36 heavy (non-hydrogen) atoms. The first-order chi connectivity index (χ1) is 17.6. The van der Waals surface area contributed by atoms with Crippen molar-refractivity contribution in [3.63, 3.8) is 0 Å². The van der Waals surface area contributed by atoms with Gasteiger partial charge in [-0.3, -0.25) is 9.59 Å². The Labute approximate surface area is 208 Å². The minimum Gasteiger partial charge on any atom is -0.494 e. The Morgan fingerprint density at radius 2 is 2.11 bits per heavy atom. The summed E-state index contributed by atoms with van der Waals surface area (Å²) < 4.78 is 17.4. The number of ether oxygens (including phenoxy) is 3. The number of nitrogens with one attached hydrogen (secondary N) is 2. The van der Waals surface area contributed by atoms with Crippen molar-refractivity contribution in [1.82, 2.24) is 15.2 Å². The first-order valence-corrected chi connectivity index (χ1v) is 11.8. The molecule has 0 saturated carbocycles. The van der Waals surface area contributed by atoms with Crippen LogP contribution in [0, 0.1) is 11.3 Å². The number of aromatic nitrogens is 1. The molecule has 0 aliphatic carbocycles. The van der Waals surface area contributed by atoms with Gasteiger partial charge in [-0.25, -0.2) is 0 Å². The van der Waals surface area contributed by atoms with Crippen LogP contribution in [0.25, 0.3) is 0 Å². The van der Waals surface area contributed by atoms with Crippen LogP contribution in [-0.2, 0) is 11.2 Å². The van der Waals surface area contributed by atoms with Crippen LogP contribution in [0.5, 0.6) is 17.2 Å². The molecule has 1 aromatic heterocycles. The van der Waals surface area contributed by atoms with Crippen LogP contribution in [0.15, 0.2) is 48.7 Å². The molecule has 0 spiro atoms. The van der Waals surface area contributed by atoms with Crippen molar-refractivity contribution in [2.45, 2.75) is 18.9 Å². The maximum Gasteiger partial charge on any atom is 0.271 e. The van der Waals surface area contributed by atoms with Crippen molar-refractivity contribution < 1.29 is 23.8 Å². The van der Waals surface area contributed by atoms with Crippen molar-refractivity contribution in [2.75, 3.05) is 33.4 Å². The minimum absolute atomic E-state index is 0.128. The second-order valence-corrected chi connectivity index (χ2v) is 8.68. The topological polar surface area (TPSA) is 117 Å². The molecule has 3 aliphatic heterocycles. The van der Waals surface area contributed by atoms with Crippen molar-refractivity contribution in [1.29, 1.82) is 5.26 Å². The third-order valence-electron chi connectivity index (χ3n) is 6.40. The molecule has 0 radical (unpaired) electrons. The standard InChI is InChI=1S/C27H26N4O5/c1-34-23-13-21-18-6-8-31(27(33)22-10-17(14-28)15-30-22)26(21)19-4-2-5-20(11-19)35-9-3-7-29-25(32)16-36-24(23)12-18/h2,4-5,10-13,15,26,30H,3,6-9,16H2,1H3,(H,29,32). The van der Waals surface area contributed by atoms with Gasteiger partial charge < -0.3 is 29.4 Å². The van der Waals surface area contributed by atoms with Crippen molar-refractivity contribution in [3.8, 4) is 23.3 Å². The van der Waals surface area contributed by atoms with Crippen LogP contribution in [-0.4, -0.2) is 55.1 Å². The maximum absolute atomic E-state index is 13.6. The summed E-state index contributed by atoms with van der Waals surface area (Å²) in [6.45, 7) is 1.23. The summed E-state index contributed by atoms with van der Waals surface area (Å²) in [6, 6.07) is 14.7. The molecule has 6 rings (SSSR count). The first kappa shape index (κ1) is 23.3. The van der Waals surface area contributed by atoms with E-state index < -0.39 is 6.04 Å². The predicted molar refractivity (Wildman–Crippen MR) is 130 cm³/mol. The van der Waals surface area contributed by atoms with E-state index >= 15 is 0 Å². The van der Waals surface area contributed by atoms with E-state index in [9.17, 15) is 14.9 Å². The summed E-state index contributed by atoms with van der Waals surface area (Å²) in [7, 11) is 1.55. The zero-order valence-corrected chi connectivity index (χ0v) is 19.9. The minimum atomic E-state index is -0.419. The number of hydrogen-bond acceptors (Lipinski definition) is 6. The van der Waals surface area contributed by atoms with Gasteiger partial charge in [0.1, 0.15) is 17.5 Å². The van der Waals surface area contributed by atoms with Gasteiger partial charge in [0.05, 0.1) is 25.3 Å². The van der Waals surface area contributed by atoms with Gasteiger partial charge in [-0.1, -0.05) is 12.1 Å². The van der Waals surface area contributed by atoms with E-state index in [1.165, 1.54) is 6.20 Å². The monoisotopic (exact) mass is 486 g/mol. The average molecular weight is 487 g/mol. The molecule has 2 aromatic carbocycles. The Morgan fingerprint density at radius 1 is 1.22 bits per heavy atom. The quantitative estimate of drug-likeness (QED) is 0.575. The zero-order chi connectivity index (χ0) is 25.1. The highest BCUT2D eigenvalue weighted by Gasteiger charge is 2.34. The van der Waals surface area contributed by atoms with Crippen LogP contribution in [0.3, 0.4) is 0 Å². The highest BCUT2D eigenvalue weighted by molar-refractivity contribution is 5.93. The Hall–Kier alpha value is -4.45. The number of rotatable bonds is 2. The van der Waals surface area contributed by atoms with Crippen LogP contribution in [0.4, 0.5) is 0 Å². The number of fused-ring (bicyclic) bond motifs is 8. The molecule has 9 heteroatoms. The predicted octanol–water partition coefficient (Wildman–Crippen LogP) is 2.96. The summed E-state index contributed by atoms with van der Waals surface area (Å²) in [5.74, 6) is 1.22. The number of methoxy groups -OCH3 is 1. The molecule has 1 atom stereocenters. The third-order valence-corrected chi connectivity index (χ3v) is 6.40. The van der Waals surface area contributed by atoms with Gasteiger partial charge in [0, 0.05) is 19.3 Å². The molecule has 0 fully saturated rings. The lowest BCUT2D eigenvalue weighted by Crippen LogP contribution is -2.41. The lowest BCUT2D eigenvalue weighted by molar-refractivity contribution is -0.123. The molecule has 184 valence electrons. The molecule has 2 amide bonds. The van der Waals surface area contributed by atoms with Crippen LogP contribution in [0.2, 0.25) is 0 Å². The van der Waals surface area contributed by atoms with Crippen molar-refractivity contribution in [2.24, 2.45) is 0 Å². The summed E-state index contributed by atoms with van der Waals surface area (Å²) in [5.41, 5.74) is 3.55. The lowest BCUT2D eigenvalue weighted by atomic mass is 9.87. The van der Waals surface area contributed by atoms with Gasteiger partial charge in [0.15, 0.2) is 18.1 Å². The molecule has 9 nitrogen and oxygen atoms in total. The van der Waals surface area contributed by atoms with Crippen LogP contribution >= 0.6 is 0 Å². The van der Waals surface area contributed by atoms with Gasteiger partial charge >= 0.3 is 0 Å². The lowest BCUT2D eigenvalue weighted by Gasteiger charge is -2.38. The summed E-state index contributed by atoms with van der Waals surface area (Å²) in [4.78, 5) is 30.6. The number of aromatic amines is 1. The summed E-state index contributed by atoms with van der Waals surface area (Å²) in [6.07, 6.45) is 2.76. The molecule has 3 aromatic rings. The molecule has 4 heterocycles. The highest BCUT2D eigenvalue weighted by Crippen LogP contribution is 2.42. The number of amides is 2. The maximum atomic E-state index is 13.6. The zero-order valence-electron chi connectivity index (χ0n) is 19.9. The van der Waals surface area contributed by atoms with Gasteiger partial charge in [-0.15, -0.1) is 0 Å². The number of carbonyl (C=O) groups is 2. The third kappa shape index (κ3) is 4.58. The first-order valence-electron chi connectivity index (χ1n) is 11.8. The highest BCUT2D eigenvalue weighted by atomic mass is 16.5. The van der Waals surface area contributed by atoms with E-state index in [1.54, 1.807) is 18.1 Å². The molecule has 2 N–H and O–H groups in total. The number of hydrogen-bond donors (Lipinski definition) is 2.